The van der Waals surface area contributed by atoms with Crippen molar-refractivity contribution in [2.75, 3.05) is 13.7 Å². The van der Waals surface area contributed by atoms with Crippen LogP contribution in [0.25, 0.3) is 11.8 Å². The molecule has 1 aromatic heterocycles. The molecule has 1 aliphatic heterocycles. The van der Waals surface area contributed by atoms with Gasteiger partial charge in [0, 0.05) is 23.9 Å². The number of benzene rings is 2. The van der Waals surface area contributed by atoms with Crippen LogP contribution in [0.1, 0.15) is 42.6 Å². The van der Waals surface area contributed by atoms with Gasteiger partial charge in [0.25, 0.3) is 0 Å². The van der Waals surface area contributed by atoms with Gasteiger partial charge < -0.3 is 14.2 Å². The second-order valence-electron chi connectivity index (χ2n) is 7.94. The molecule has 0 bridgehead atoms. The fourth-order valence-electron chi connectivity index (χ4n) is 4.10. The fourth-order valence-corrected chi connectivity index (χ4v) is 4.10. The fraction of sp³-hybridized carbons (Fsp3) is 0.280. The number of nitrogens with zero attached hydrogens (tertiary/aromatic N) is 3. The lowest BCUT2D eigenvalue weighted by atomic mass is 9.97. The highest BCUT2D eigenvalue weighted by Crippen LogP contribution is 2.31. The molecular weight excluding hydrogens is 412 g/mol. The maximum Gasteiger partial charge on any atom is 0.250 e. The van der Waals surface area contributed by atoms with Crippen LogP contribution in [0, 0.1) is 18.6 Å². The molecule has 1 aliphatic rings. The first-order valence-corrected chi connectivity index (χ1v) is 10.5. The van der Waals surface area contributed by atoms with Crippen LogP contribution >= 0.6 is 0 Å². The van der Waals surface area contributed by atoms with Crippen molar-refractivity contribution in [3.8, 4) is 11.4 Å². The molecule has 1 atom stereocenters. The number of methoxy groups -OCH3 is 1. The Morgan fingerprint density at radius 3 is 2.75 bits per heavy atom. The maximum atomic E-state index is 14.3. The Bertz CT molecular complexity index is 1190. The van der Waals surface area contributed by atoms with Crippen LogP contribution in [0.5, 0.6) is 5.75 Å². The average molecular weight is 437 g/mol. The minimum absolute atomic E-state index is 0.166. The van der Waals surface area contributed by atoms with Crippen molar-refractivity contribution in [3.63, 3.8) is 0 Å². The molecule has 3 aromatic rings. The summed E-state index contributed by atoms with van der Waals surface area (Å²) in [5.74, 6) is -1.32. The molecule has 5 nitrogen and oxygen atoms in total. The molecule has 1 fully saturated rings. The number of piperidine rings is 1. The van der Waals surface area contributed by atoms with Crippen LogP contribution in [0.4, 0.5) is 8.78 Å². The van der Waals surface area contributed by atoms with Gasteiger partial charge in [-0.05, 0) is 56.5 Å². The molecule has 1 amide bonds. The van der Waals surface area contributed by atoms with Crippen molar-refractivity contribution in [1.82, 2.24) is 14.5 Å². The number of rotatable bonds is 5. The second kappa shape index (κ2) is 8.94. The number of aromatic nitrogens is 2. The first kappa shape index (κ1) is 21.7. The van der Waals surface area contributed by atoms with Crippen molar-refractivity contribution in [2.24, 2.45) is 0 Å². The second-order valence-corrected chi connectivity index (χ2v) is 7.94. The predicted molar refractivity (Wildman–Crippen MR) is 119 cm³/mol. The summed E-state index contributed by atoms with van der Waals surface area (Å²) in [6.07, 6.45) is 6.85. The summed E-state index contributed by atoms with van der Waals surface area (Å²) in [4.78, 5) is 19.0. The van der Waals surface area contributed by atoms with E-state index in [4.69, 9.17) is 4.74 Å². The van der Waals surface area contributed by atoms with Crippen molar-refractivity contribution >= 4 is 12.0 Å². The Morgan fingerprint density at radius 1 is 1.22 bits per heavy atom. The summed E-state index contributed by atoms with van der Waals surface area (Å²) in [5.41, 5.74) is 3.39. The van der Waals surface area contributed by atoms with Crippen LogP contribution in [-0.4, -0.2) is 34.0 Å². The molecule has 2 aromatic carbocycles. The summed E-state index contributed by atoms with van der Waals surface area (Å²) < 4.78 is 35.4. The van der Waals surface area contributed by atoms with Gasteiger partial charge in [-0.1, -0.05) is 18.2 Å². The molecule has 7 heteroatoms. The van der Waals surface area contributed by atoms with E-state index in [1.807, 2.05) is 42.0 Å². The first-order valence-electron chi connectivity index (χ1n) is 10.5. The molecule has 0 saturated carbocycles. The SMILES string of the molecule is COc1cc(C=C2CCCN([C@H](C)c3cccc(F)c3F)C2=O)ccc1-n1cnc(C)c1. The minimum Gasteiger partial charge on any atom is -0.495 e. The smallest absolute Gasteiger partial charge is 0.250 e. The van der Waals surface area contributed by atoms with Gasteiger partial charge >= 0.3 is 0 Å². The lowest BCUT2D eigenvalue weighted by molar-refractivity contribution is -0.130. The molecule has 0 N–H and O–H groups in total. The molecule has 1 saturated heterocycles. The molecule has 0 spiro atoms. The van der Waals surface area contributed by atoms with Gasteiger partial charge in [-0.3, -0.25) is 4.79 Å². The van der Waals surface area contributed by atoms with E-state index in [0.29, 0.717) is 24.3 Å². The van der Waals surface area contributed by atoms with Crippen molar-refractivity contribution < 1.29 is 18.3 Å². The molecule has 0 aliphatic carbocycles. The van der Waals surface area contributed by atoms with Gasteiger partial charge in [0.15, 0.2) is 11.6 Å². The van der Waals surface area contributed by atoms with E-state index in [1.54, 1.807) is 25.3 Å². The standard InChI is InChI=1S/C25H25F2N3O2/c1-16-14-29(15-28-16)22-10-9-18(13-23(22)32-3)12-19-6-5-11-30(25(19)31)17(2)20-7-4-8-21(26)24(20)27/h4,7-10,12-15,17H,5-6,11H2,1-3H3/t17-/m1/s1. The lowest BCUT2D eigenvalue weighted by Gasteiger charge is -2.34. The molecule has 0 unspecified atom stereocenters. The lowest BCUT2D eigenvalue weighted by Crippen LogP contribution is -2.39. The molecule has 32 heavy (non-hydrogen) atoms. The summed E-state index contributed by atoms with van der Waals surface area (Å²) in [5, 5.41) is 0. The third-order valence-corrected chi connectivity index (χ3v) is 5.81. The largest absolute Gasteiger partial charge is 0.495 e. The zero-order valence-corrected chi connectivity index (χ0v) is 18.3. The van der Waals surface area contributed by atoms with Crippen LogP contribution in [0.3, 0.4) is 0 Å². The van der Waals surface area contributed by atoms with Crippen LogP contribution < -0.4 is 4.74 Å². The number of ether oxygens (including phenoxy) is 1. The number of imidazole rings is 1. The normalized spacial score (nSPS) is 16.5. The number of carbonyl (C=O) groups excluding carboxylic acids is 1. The third-order valence-electron chi connectivity index (χ3n) is 5.81. The Labute approximate surface area is 186 Å². The highest BCUT2D eigenvalue weighted by molar-refractivity contribution is 5.98. The van der Waals surface area contributed by atoms with Crippen LogP contribution in [0.2, 0.25) is 0 Å². The highest BCUT2D eigenvalue weighted by atomic mass is 19.2. The molecule has 4 rings (SSSR count). The van der Waals surface area contributed by atoms with E-state index in [9.17, 15) is 13.6 Å². The summed E-state index contributed by atoms with van der Waals surface area (Å²) in [6.45, 7) is 4.14. The Balaban J connectivity index is 1.61. The van der Waals surface area contributed by atoms with E-state index in [1.165, 1.54) is 12.1 Å². The summed E-state index contributed by atoms with van der Waals surface area (Å²) in [6, 6.07) is 9.21. The van der Waals surface area contributed by atoms with Crippen molar-refractivity contribution in [3.05, 3.63) is 83.0 Å². The van der Waals surface area contributed by atoms with Crippen LogP contribution in [-0.2, 0) is 4.79 Å². The monoisotopic (exact) mass is 437 g/mol. The summed E-state index contributed by atoms with van der Waals surface area (Å²) >= 11 is 0. The van der Waals surface area contributed by atoms with Crippen molar-refractivity contribution in [1.29, 1.82) is 0 Å². The highest BCUT2D eigenvalue weighted by Gasteiger charge is 2.29. The zero-order valence-electron chi connectivity index (χ0n) is 18.3. The van der Waals surface area contributed by atoms with Gasteiger partial charge in [-0.15, -0.1) is 0 Å². The molecule has 166 valence electrons. The minimum atomic E-state index is -0.908. The molecule has 0 radical (unpaired) electrons. The van der Waals surface area contributed by atoms with Gasteiger partial charge in [0.05, 0.1) is 30.9 Å². The molecular formula is C25H25F2N3O2. The Morgan fingerprint density at radius 2 is 2.03 bits per heavy atom. The van der Waals surface area contributed by atoms with E-state index in [0.717, 1.165) is 29.4 Å². The predicted octanol–water partition coefficient (Wildman–Crippen LogP) is 5.23. The van der Waals surface area contributed by atoms with Gasteiger partial charge in [-0.25, -0.2) is 13.8 Å². The Kier molecular flexibility index (Phi) is 6.08. The van der Waals surface area contributed by atoms with Crippen molar-refractivity contribution in [2.45, 2.75) is 32.7 Å². The number of amides is 1. The third kappa shape index (κ3) is 4.15. The maximum absolute atomic E-state index is 14.3. The quantitative estimate of drug-likeness (QED) is 0.513. The van der Waals surface area contributed by atoms with Gasteiger partial charge in [-0.2, -0.15) is 0 Å². The number of hydrogen-bond donors (Lipinski definition) is 0. The van der Waals surface area contributed by atoms with E-state index in [2.05, 4.69) is 4.98 Å². The number of aryl methyl sites for hydroxylation is 1. The number of hydrogen-bond acceptors (Lipinski definition) is 3. The number of likely N-dealkylation sites (tertiary alicyclic amines) is 1. The number of halogens is 2. The topological polar surface area (TPSA) is 47.4 Å². The van der Waals surface area contributed by atoms with E-state index < -0.39 is 17.7 Å². The van der Waals surface area contributed by atoms with E-state index >= 15 is 0 Å². The first-order chi connectivity index (χ1) is 15.4. The zero-order chi connectivity index (χ0) is 22.8. The number of carbonyl (C=O) groups is 1. The molecule has 2 heterocycles. The Hall–Kier alpha value is -3.48. The van der Waals surface area contributed by atoms with Crippen LogP contribution in [0.15, 0.2) is 54.5 Å². The average Bonchev–Trinajstić information content (AvgIpc) is 3.22. The summed E-state index contributed by atoms with van der Waals surface area (Å²) in [7, 11) is 1.60. The van der Waals surface area contributed by atoms with E-state index in [-0.39, 0.29) is 11.5 Å². The van der Waals surface area contributed by atoms with Gasteiger partial charge in [0.2, 0.25) is 5.91 Å². The van der Waals surface area contributed by atoms with Gasteiger partial charge in [0.1, 0.15) is 5.75 Å².